The Bertz CT molecular complexity index is 918. The molecule has 1 saturated heterocycles. The van der Waals surface area contributed by atoms with Gasteiger partial charge in [-0.2, -0.15) is 9.61 Å². The minimum absolute atomic E-state index is 0.213. The van der Waals surface area contributed by atoms with Gasteiger partial charge in [0.25, 0.3) is 0 Å². The van der Waals surface area contributed by atoms with Gasteiger partial charge in [-0.05, 0) is 56.9 Å². The van der Waals surface area contributed by atoms with Crippen LogP contribution in [0.4, 0.5) is 5.82 Å². The van der Waals surface area contributed by atoms with Crippen LogP contribution in [0.25, 0.3) is 16.9 Å². The minimum Gasteiger partial charge on any atom is -0.497 e. The lowest BCUT2D eigenvalue weighted by Gasteiger charge is -2.37. The number of benzene rings is 1. The van der Waals surface area contributed by atoms with Gasteiger partial charge in [0, 0.05) is 42.6 Å². The van der Waals surface area contributed by atoms with E-state index < -0.39 is 0 Å². The molecule has 1 aliphatic heterocycles. The summed E-state index contributed by atoms with van der Waals surface area (Å²) in [6.45, 7) is 3.22. The van der Waals surface area contributed by atoms with E-state index in [2.05, 4.69) is 16.0 Å². The molecule has 0 amide bonds. The molecule has 6 nitrogen and oxygen atoms in total. The van der Waals surface area contributed by atoms with Crippen LogP contribution < -0.4 is 9.64 Å². The fraction of sp³-hybridized carbons (Fsp3) is 0.429. The van der Waals surface area contributed by atoms with Crippen molar-refractivity contribution in [2.24, 2.45) is 0 Å². The van der Waals surface area contributed by atoms with Gasteiger partial charge in [0.1, 0.15) is 11.6 Å². The molecule has 142 valence electrons. The van der Waals surface area contributed by atoms with Gasteiger partial charge in [0.15, 0.2) is 5.65 Å². The summed E-state index contributed by atoms with van der Waals surface area (Å²) in [6, 6.07) is 12.4. The molecule has 1 N–H and O–H groups in total. The smallest absolute Gasteiger partial charge is 0.158 e. The van der Waals surface area contributed by atoms with Crippen LogP contribution in [-0.2, 0) is 0 Å². The number of anilines is 1. The van der Waals surface area contributed by atoms with Crippen molar-refractivity contribution < 1.29 is 9.84 Å². The van der Waals surface area contributed by atoms with E-state index in [0.29, 0.717) is 6.04 Å². The maximum atomic E-state index is 9.47. The molecule has 6 heteroatoms. The number of methoxy groups -OCH3 is 1. The number of rotatable bonds is 5. The summed E-state index contributed by atoms with van der Waals surface area (Å²) < 4.78 is 7.19. The van der Waals surface area contributed by atoms with E-state index in [1.165, 1.54) is 6.42 Å². The highest BCUT2D eigenvalue weighted by molar-refractivity contribution is 5.66. The van der Waals surface area contributed by atoms with Crippen molar-refractivity contribution >= 4 is 11.5 Å². The molecule has 0 spiro atoms. The standard InChI is InChI=1S/C21H26N4O2/c1-15-13-21(24-11-4-3-5-17(24)10-12-26)25-20(22-15)14-19(23-25)16-6-8-18(27-2)9-7-16/h6-9,13-14,17,26H,3-5,10-12H2,1-2H3. The lowest BCUT2D eigenvalue weighted by atomic mass is 9.99. The van der Waals surface area contributed by atoms with Crippen LogP contribution in [0.1, 0.15) is 31.4 Å². The van der Waals surface area contributed by atoms with E-state index >= 15 is 0 Å². The molecule has 0 aliphatic carbocycles. The largest absolute Gasteiger partial charge is 0.497 e. The average Bonchev–Trinajstić information content (AvgIpc) is 3.12. The maximum Gasteiger partial charge on any atom is 0.158 e. The second-order valence-electron chi connectivity index (χ2n) is 7.14. The Kier molecular flexibility index (Phi) is 4.99. The lowest BCUT2D eigenvalue weighted by molar-refractivity contribution is 0.262. The fourth-order valence-electron chi connectivity index (χ4n) is 3.94. The SMILES string of the molecule is COc1ccc(-c2cc3nc(C)cc(N4CCCCC4CCO)n3n2)cc1. The van der Waals surface area contributed by atoms with Crippen LogP contribution in [0.2, 0.25) is 0 Å². The molecule has 3 heterocycles. The Morgan fingerprint density at radius 2 is 2.00 bits per heavy atom. The Morgan fingerprint density at radius 3 is 2.74 bits per heavy atom. The predicted octanol–water partition coefficient (Wildman–Crippen LogP) is 3.45. The molecule has 1 aromatic carbocycles. The predicted molar refractivity (Wildman–Crippen MR) is 106 cm³/mol. The first-order chi connectivity index (χ1) is 13.2. The monoisotopic (exact) mass is 366 g/mol. The van der Waals surface area contributed by atoms with Gasteiger partial charge in [-0.15, -0.1) is 0 Å². The summed E-state index contributed by atoms with van der Waals surface area (Å²) in [5.41, 5.74) is 3.76. The van der Waals surface area contributed by atoms with Crippen LogP contribution in [-0.4, -0.2) is 46.0 Å². The maximum absolute atomic E-state index is 9.47. The van der Waals surface area contributed by atoms with Crippen molar-refractivity contribution in [2.45, 2.75) is 38.6 Å². The first kappa shape index (κ1) is 17.8. The summed E-state index contributed by atoms with van der Waals surface area (Å²) in [4.78, 5) is 7.08. The van der Waals surface area contributed by atoms with Gasteiger partial charge in [-0.25, -0.2) is 4.98 Å². The summed E-state index contributed by atoms with van der Waals surface area (Å²) in [7, 11) is 1.67. The van der Waals surface area contributed by atoms with Crippen LogP contribution in [0.5, 0.6) is 5.75 Å². The molecule has 1 atom stereocenters. The van der Waals surface area contributed by atoms with Crippen molar-refractivity contribution in [1.82, 2.24) is 14.6 Å². The Hall–Kier alpha value is -2.60. The van der Waals surface area contributed by atoms with Crippen molar-refractivity contribution in [3.8, 4) is 17.0 Å². The molecule has 1 aliphatic rings. The van der Waals surface area contributed by atoms with E-state index in [1.54, 1.807) is 7.11 Å². The van der Waals surface area contributed by atoms with Gasteiger partial charge in [0.2, 0.25) is 0 Å². The molecule has 2 aromatic heterocycles. The molecule has 27 heavy (non-hydrogen) atoms. The van der Waals surface area contributed by atoms with Crippen LogP contribution in [0.3, 0.4) is 0 Å². The number of aryl methyl sites for hydroxylation is 1. The average molecular weight is 366 g/mol. The van der Waals surface area contributed by atoms with E-state index in [-0.39, 0.29) is 6.61 Å². The lowest BCUT2D eigenvalue weighted by Crippen LogP contribution is -2.41. The number of aromatic nitrogens is 3. The molecule has 1 unspecified atom stereocenters. The van der Waals surface area contributed by atoms with Crippen LogP contribution >= 0.6 is 0 Å². The van der Waals surface area contributed by atoms with E-state index in [4.69, 9.17) is 9.84 Å². The Labute approximate surface area is 159 Å². The molecular weight excluding hydrogens is 340 g/mol. The highest BCUT2D eigenvalue weighted by Gasteiger charge is 2.25. The zero-order valence-electron chi connectivity index (χ0n) is 15.9. The first-order valence-electron chi connectivity index (χ1n) is 9.59. The first-order valence-corrected chi connectivity index (χ1v) is 9.59. The molecule has 0 bridgehead atoms. The number of aliphatic hydroxyl groups is 1. The second-order valence-corrected chi connectivity index (χ2v) is 7.14. The third kappa shape index (κ3) is 3.49. The number of hydrogen-bond donors (Lipinski definition) is 1. The number of nitrogens with zero attached hydrogens (tertiary/aromatic N) is 4. The quantitative estimate of drug-likeness (QED) is 0.749. The van der Waals surface area contributed by atoms with Crippen molar-refractivity contribution in [3.63, 3.8) is 0 Å². The molecule has 1 fully saturated rings. The van der Waals surface area contributed by atoms with Crippen LogP contribution in [0.15, 0.2) is 36.4 Å². The third-order valence-electron chi connectivity index (χ3n) is 5.31. The number of piperidine rings is 1. The van der Waals surface area contributed by atoms with Gasteiger partial charge < -0.3 is 14.7 Å². The second kappa shape index (κ2) is 7.56. The molecule has 0 radical (unpaired) electrons. The van der Waals surface area contributed by atoms with Crippen molar-refractivity contribution in [1.29, 1.82) is 0 Å². The zero-order valence-corrected chi connectivity index (χ0v) is 15.9. The van der Waals surface area contributed by atoms with Gasteiger partial charge in [-0.3, -0.25) is 0 Å². The molecule has 3 aromatic rings. The number of aliphatic hydroxyl groups excluding tert-OH is 1. The summed E-state index contributed by atoms with van der Waals surface area (Å²) in [6.07, 6.45) is 4.27. The topological polar surface area (TPSA) is 62.9 Å². The minimum atomic E-state index is 0.213. The van der Waals surface area contributed by atoms with Gasteiger partial charge >= 0.3 is 0 Å². The summed E-state index contributed by atoms with van der Waals surface area (Å²) in [5.74, 6) is 1.90. The molecule has 4 rings (SSSR count). The van der Waals surface area contributed by atoms with E-state index in [9.17, 15) is 5.11 Å². The Morgan fingerprint density at radius 1 is 1.19 bits per heavy atom. The highest BCUT2D eigenvalue weighted by Crippen LogP contribution is 2.29. The molecular formula is C21H26N4O2. The van der Waals surface area contributed by atoms with Gasteiger partial charge in [-0.1, -0.05) is 0 Å². The van der Waals surface area contributed by atoms with E-state index in [0.717, 1.165) is 60.0 Å². The third-order valence-corrected chi connectivity index (χ3v) is 5.31. The van der Waals surface area contributed by atoms with Crippen molar-refractivity contribution in [2.75, 3.05) is 25.2 Å². The highest BCUT2D eigenvalue weighted by atomic mass is 16.5. The zero-order chi connectivity index (χ0) is 18.8. The summed E-state index contributed by atoms with van der Waals surface area (Å²) >= 11 is 0. The van der Waals surface area contributed by atoms with Gasteiger partial charge in [0.05, 0.1) is 12.8 Å². The number of fused-ring (bicyclic) bond motifs is 1. The van der Waals surface area contributed by atoms with Crippen LogP contribution in [0, 0.1) is 6.92 Å². The normalized spacial score (nSPS) is 17.4. The Balaban J connectivity index is 1.77. The summed E-state index contributed by atoms with van der Waals surface area (Å²) in [5, 5.41) is 14.3. The van der Waals surface area contributed by atoms with Crippen molar-refractivity contribution in [3.05, 3.63) is 42.1 Å². The van der Waals surface area contributed by atoms with E-state index in [1.807, 2.05) is 41.8 Å². The number of hydrogen-bond acceptors (Lipinski definition) is 5. The molecule has 0 saturated carbocycles. The fourth-order valence-corrected chi connectivity index (χ4v) is 3.94. The number of ether oxygens (including phenoxy) is 1.